The van der Waals surface area contributed by atoms with Crippen molar-refractivity contribution in [1.82, 2.24) is 4.90 Å². The summed E-state index contributed by atoms with van der Waals surface area (Å²) in [6.45, 7) is 18.7. The van der Waals surface area contributed by atoms with Crippen molar-refractivity contribution in [3.63, 3.8) is 0 Å². The van der Waals surface area contributed by atoms with Crippen LogP contribution in [-0.4, -0.2) is 29.6 Å². The summed E-state index contributed by atoms with van der Waals surface area (Å²) in [6, 6.07) is 0.644. The van der Waals surface area contributed by atoms with Crippen LogP contribution in [0.2, 0.25) is 0 Å². The Balaban J connectivity index is -0.000000213. The van der Waals surface area contributed by atoms with E-state index in [1.165, 1.54) is 6.16 Å². The van der Waals surface area contributed by atoms with Crippen LogP contribution < -0.4 is 0 Å². The van der Waals surface area contributed by atoms with Gasteiger partial charge < -0.3 is 4.90 Å². The number of rotatable bonds is 3. The van der Waals surface area contributed by atoms with Gasteiger partial charge in [-0.15, -0.1) is 9.24 Å². The Kier molecular flexibility index (Phi) is 16.1. The van der Waals surface area contributed by atoms with Crippen LogP contribution in [-0.2, 0) is 4.79 Å². The van der Waals surface area contributed by atoms with Crippen molar-refractivity contribution in [2.24, 2.45) is 5.41 Å². The lowest BCUT2D eigenvalue weighted by Gasteiger charge is -2.25. The van der Waals surface area contributed by atoms with Gasteiger partial charge in [0.15, 0.2) is 0 Å². The first-order valence-electron chi connectivity index (χ1n) is 6.58. The summed E-state index contributed by atoms with van der Waals surface area (Å²) < 4.78 is 0. The van der Waals surface area contributed by atoms with Gasteiger partial charge in [0.05, 0.1) is 0 Å². The monoisotopic (exact) mass is 263 g/mol. The molecule has 0 aromatic heterocycles. The summed E-state index contributed by atoms with van der Waals surface area (Å²) in [5.74, 6) is 0. The second kappa shape index (κ2) is 12.4. The fourth-order valence-electron chi connectivity index (χ4n) is 0.840. The van der Waals surface area contributed by atoms with Crippen LogP contribution in [0.15, 0.2) is 0 Å². The summed E-state index contributed by atoms with van der Waals surface area (Å²) in [7, 11) is 2.72. The van der Waals surface area contributed by atoms with Crippen LogP contribution in [0, 0.1) is 5.41 Å². The van der Waals surface area contributed by atoms with Crippen LogP contribution in [0.3, 0.4) is 0 Å². The lowest BCUT2D eigenvalue weighted by atomic mass is 10.0. The van der Waals surface area contributed by atoms with Crippen molar-refractivity contribution in [2.45, 2.75) is 74.4 Å². The van der Waals surface area contributed by atoms with E-state index in [1.54, 1.807) is 4.90 Å². The molecule has 106 valence electrons. The number of amides is 1. The normalized spacial score (nSPS) is 10.1. The van der Waals surface area contributed by atoms with E-state index in [1.807, 2.05) is 41.5 Å². The van der Waals surface area contributed by atoms with Gasteiger partial charge in [-0.05, 0) is 39.3 Å². The quantitative estimate of drug-likeness (QED) is 0.552. The summed E-state index contributed by atoms with van der Waals surface area (Å²) in [4.78, 5) is 12.1. The minimum Gasteiger partial charge on any atom is -0.340 e. The van der Waals surface area contributed by atoms with Crippen LogP contribution in [0.4, 0.5) is 0 Å². The van der Waals surface area contributed by atoms with Crippen molar-refractivity contribution in [1.29, 1.82) is 0 Å². The highest BCUT2D eigenvalue weighted by atomic mass is 31.0. The van der Waals surface area contributed by atoms with Gasteiger partial charge in [-0.3, -0.25) is 4.79 Å². The zero-order valence-corrected chi connectivity index (χ0v) is 14.5. The second-order valence-electron chi connectivity index (χ2n) is 5.50. The molecule has 1 amide bonds. The van der Waals surface area contributed by atoms with E-state index in [2.05, 4.69) is 30.0 Å². The molecule has 17 heavy (non-hydrogen) atoms. The third-order valence-electron chi connectivity index (χ3n) is 1.93. The third kappa shape index (κ3) is 18.5. The SMILES string of the molecule is CC.CC(C)(C)CP.CC(C)N(C=O)C(C)C. The molecular weight excluding hydrogens is 229 g/mol. The van der Waals surface area contributed by atoms with Gasteiger partial charge in [0.2, 0.25) is 6.41 Å². The van der Waals surface area contributed by atoms with Gasteiger partial charge in [-0.1, -0.05) is 34.6 Å². The molecule has 1 unspecified atom stereocenters. The second-order valence-corrected chi connectivity index (χ2v) is 5.91. The van der Waals surface area contributed by atoms with E-state index in [-0.39, 0.29) is 0 Å². The van der Waals surface area contributed by atoms with Gasteiger partial charge in [-0.25, -0.2) is 0 Å². The molecule has 0 bridgehead atoms. The molecule has 0 aliphatic heterocycles. The van der Waals surface area contributed by atoms with E-state index in [9.17, 15) is 4.79 Å². The highest BCUT2D eigenvalue weighted by Gasteiger charge is 2.08. The average molecular weight is 263 g/mol. The number of hydrogen-bond acceptors (Lipinski definition) is 1. The summed E-state index contributed by atoms with van der Waals surface area (Å²) in [6.07, 6.45) is 2.09. The zero-order valence-electron chi connectivity index (χ0n) is 13.4. The number of nitrogens with zero attached hydrogens (tertiary/aromatic N) is 1. The Morgan fingerprint density at radius 2 is 1.29 bits per heavy atom. The van der Waals surface area contributed by atoms with E-state index >= 15 is 0 Å². The van der Waals surface area contributed by atoms with Crippen LogP contribution in [0.1, 0.15) is 62.3 Å². The average Bonchev–Trinajstić information content (AvgIpc) is 2.20. The molecule has 0 saturated heterocycles. The van der Waals surface area contributed by atoms with Crippen LogP contribution >= 0.6 is 9.24 Å². The molecule has 0 saturated carbocycles. The molecule has 0 aromatic carbocycles. The molecule has 0 radical (unpaired) electrons. The van der Waals surface area contributed by atoms with Crippen molar-refractivity contribution < 1.29 is 4.79 Å². The predicted molar refractivity (Wildman–Crippen MR) is 83.6 cm³/mol. The van der Waals surface area contributed by atoms with Gasteiger partial charge in [0, 0.05) is 12.1 Å². The first-order chi connectivity index (χ1) is 7.65. The fourth-order valence-corrected chi connectivity index (χ4v) is 0.840. The first kappa shape index (κ1) is 22.1. The smallest absolute Gasteiger partial charge is 0.210 e. The number of hydrogen-bond donors (Lipinski definition) is 0. The molecule has 1 atom stereocenters. The molecular formula is C14H34NOP. The maximum Gasteiger partial charge on any atom is 0.210 e. The predicted octanol–water partition coefficient (Wildman–Crippen LogP) is 4.20. The van der Waals surface area contributed by atoms with Crippen molar-refractivity contribution in [2.75, 3.05) is 6.16 Å². The molecule has 0 spiro atoms. The largest absolute Gasteiger partial charge is 0.340 e. The molecule has 0 N–H and O–H groups in total. The topological polar surface area (TPSA) is 20.3 Å². The van der Waals surface area contributed by atoms with Crippen molar-refractivity contribution in [3.05, 3.63) is 0 Å². The van der Waals surface area contributed by atoms with Crippen molar-refractivity contribution >= 4 is 15.6 Å². The molecule has 0 fully saturated rings. The van der Waals surface area contributed by atoms with Crippen molar-refractivity contribution in [3.8, 4) is 0 Å². The molecule has 0 aliphatic carbocycles. The summed E-state index contributed by atoms with van der Waals surface area (Å²) in [5, 5.41) is 0. The van der Waals surface area contributed by atoms with E-state index in [0.717, 1.165) is 6.41 Å². The Hall–Kier alpha value is -0.100. The van der Waals surface area contributed by atoms with E-state index in [0.29, 0.717) is 17.5 Å². The van der Waals surface area contributed by atoms with Gasteiger partial charge >= 0.3 is 0 Å². The van der Waals surface area contributed by atoms with Crippen LogP contribution in [0.25, 0.3) is 0 Å². The van der Waals surface area contributed by atoms with Gasteiger partial charge in [-0.2, -0.15) is 0 Å². The minimum absolute atomic E-state index is 0.322. The Bertz CT molecular complexity index is 154. The Morgan fingerprint density at radius 1 is 1.06 bits per heavy atom. The molecule has 0 aliphatic rings. The fraction of sp³-hybridized carbons (Fsp3) is 0.929. The van der Waals surface area contributed by atoms with Gasteiger partial charge in [0.25, 0.3) is 0 Å². The third-order valence-corrected chi connectivity index (χ3v) is 3.15. The standard InChI is InChI=1S/C7H15NO.C5H13P.C2H6/c1-6(2)8(5-9)7(3)4;1-5(2,3)4-6;1-2/h5-7H,1-4H3;4,6H2,1-3H3;1-2H3. The Morgan fingerprint density at radius 3 is 1.29 bits per heavy atom. The highest BCUT2D eigenvalue weighted by Crippen LogP contribution is 2.14. The molecule has 0 aromatic rings. The minimum atomic E-state index is 0.322. The van der Waals surface area contributed by atoms with E-state index in [4.69, 9.17) is 0 Å². The molecule has 2 nitrogen and oxygen atoms in total. The first-order valence-corrected chi connectivity index (χ1v) is 7.40. The number of carbonyl (C=O) groups is 1. The lowest BCUT2D eigenvalue weighted by molar-refractivity contribution is -0.121. The lowest BCUT2D eigenvalue weighted by Crippen LogP contribution is -2.35. The van der Waals surface area contributed by atoms with Gasteiger partial charge in [0.1, 0.15) is 0 Å². The van der Waals surface area contributed by atoms with Crippen LogP contribution in [0.5, 0.6) is 0 Å². The maximum absolute atomic E-state index is 10.3. The molecule has 3 heteroatoms. The highest BCUT2D eigenvalue weighted by molar-refractivity contribution is 7.16. The molecule has 0 rings (SSSR count). The summed E-state index contributed by atoms with van der Waals surface area (Å²) >= 11 is 0. The number of carbonyl (C=O) groups excluding carboxylic acids is 1. The summed E-state index contributed by atoms with van der Waals surface area (Å²) in [5.41, 5.74) is 0.505. The Labute approximate surface area is 112 Å². The van der Waals surface area contributed by atoms with E-state index < -0.39 is 0 Å². The maximum atomic E-state index is 10.3. The molecule has 0 heterocycles. The zero-order chi connectivity index (χ0) is 14.6.